The lowest BCUT2D eigenvalue weighted by molar-refractivity contribution is -0.145. The maximum atomic E-state index is 11.8. The lowest BCUT2D eigenvalue weighted by Gasteiger charge is -2.16. The van der Waals surface area contributed by atoms with Crippen LogP contribution in [0.4, 0.5) is 0 Å². The summed E-state index contributed by atoms with van der Waals surface area (Å²) >= 11 is 0. The predicted octanol–water partition coefficient (Wildman–Crippen LogP) is 1.97. The van der Waals surface area contributed by atoms with Crippen molar-refractivity contribution in [3.05, 3.63) is 36.4 Å². The first-order valence-corrected chi connectivity index (χ1v) is 8.20. The highest BCUT2D eigenvalue weighted by Crippen LogP contribution is 2.28. The van der Waals surface area contributed by atoms with Crippen LogP contribution in [0.5, 0.6) is 11.5 Å². The van der Waals surface area contributed by atoms with Gasteiger partial charge in [-0.05, 0) is 44.5 Å². The zero-order valence-corrected chi connectivity index (χ0v) is 14.9. The third-order valence-electron chi connectivity index (χ3n) is 3.25. The number of benzene rings is 1. The molecule has 0 aliphatic rings. The van der Waals surface area contributed by atoms with E-state index in [-0.39, 0.29) is 0 Å². The molecule has 7 heteroatoms. The van der Waals surface area contributed by atoms with E-state index in [0.29, 0.717) is 43.4 Å². The van der Waals surface area contributed by atoms with Crippen LogP contribution in [0.1, 0.15) is 26.3 Å². The van der Waals surface area contributed by atoms with Gasteiger partial charge in [0.1, 0.15) is 6.61 Å². The Hall–Kier alpha value is -2.83. The molecule has 0 spiro atoms. The molecule has 0 bridgehead atoms. The molecule has 0 aromatic heterocycles. The number of carbonyl (C=O) groups is 2. The van der Waals surface area contributed by atoms with E-state index >= 15 is 0 Å². The lowest BCUT2D eigenvalue weighted by Crippen LogP contribution is -2.41. The standard InChI is InChI=1S/C18H25N3O4/c1-5-11-25-15-10-9-14(12-16(15)24-8-4)13-19-20-17(22)18(23)21(6-2)7-3/h5,9-10,12-13H,1,6-8,11H2,2-4H3,(H,20,22)/b19-13-. The zero-order valence-electron chi connectivity index (χ0n) is 14.9. The molecule has 1 N–H and O–H groups in total. The SMILES string of the molecule is C=CCOc1ccc(/C=N\NC(=O)C(=O)N(CC)CC)cc1OCC. The molecular weight excluding hydrogens is 322 g/mol. The van der Waals surface area contributed by atoms with Crippen LogP contribution in [0.3, 0.4) is 0 Å². The Balaban J connectivity index is 2.76. The molecule has 25 heavy (non-hydrogen) atoms. The molecule has 0 fully saturated rings. The summed E-state index contributed by atoms with van der Waals surface area (Å²) in [5.74, 6) is -0.209. The van der Waals surface area contributed by atoms with Gasteiger partial charge in [0.25, 0.3) is 0 Å². The Labute approximate surface area is 148 Å². The average molecular weight is 347 g/mol. The van der Waals surface area contributed by atoms with E-state index in [1.54, 1.807) is 24.3 Å². The van der Waals surface area contributed by atoms with Crippen LogP contribution in [0.2, 0.25) is 0 Å². The third-order valence-corrected chi connectivity index (χ3v) is 3.25. The Morgan fingerprint density at radius 2 is 1.92 bits per heavy atom. The van der Waals surface area contributed by atoms with E-state index in [4.69, 9.17) is 9.47 Å². The van der Waals surface area contributed by atoms with Gasteiger partial charge in [0.15, 0.2) is 11.5 Å². The zero-order chi connectivity index (χ0) is 18.7. The van der Waals surface area contributed by atoms with Gasteiger partial charge >= 0.3 is 11.8 Å². The number of rotatable bonds is 9. The minimum atomic E-state index is -0.768. The van der Waals surface area contributed by atoms with Crippen LogP contribution in [0.15, 0.2) is 36.0 Å². The van der Waals surface area contributed by atoms with Crippen LogP contribution in [-0.4, -0.2) is 49.2 Å². The second kappa shape index (κ2) is 10.9. The number of hydrazone groups is 1. The predicted molar refractivity (Wildman–Crippen MR) is 97.0 cm³/mol. The fourth-order valence-corrected chi connectivity index (χ4v) is 2.01. The quantitative estimate of drug-likeness (QED) is 0.320. The summed E-state index contributed by atoms with van der Waals surface area (Å²) in [4.78, 5) is 25.0. The molecule has 0 radical (unpaired) electrons. The van der Waals surface area contributed by atoms with E-state index in [1.165, 1.54) is 11.1 Å². The first-order chi connectivity index (χ1) is 12.1. The first-order valence-electron chi connectivity index (χ1n) is 8.20. The van der Waals surface area contributed by atoms with Crippen LogP contribution >= 0.6 is 0 Å². The smallest absolute Gasteiger partial charge is 0.329 e. The molecule has 0 atom stereocenters. The number of nitrogens with zero attached hydrogens (tertiary/aromatic N) is 2. The molecule has 0 aliphatic carbocycles. The number of carbonyl (C=O) groups excluding carboxylic acids is 2. The van der Waals surface area contributed by atoms with Crippen molar-refractivity contribution in [3.8, 4) is 11.5 Å². The van der Waals surface area contributed by atoms with E-state index < -0.39 is 11.8 Å². The fraction of sp³-hybridized carbons (Fsp3) is 0.389. The molecule has 0 aliphatic heterocycles. The maximum absolute atomic E-state index is 11.8. The number of hydrogen-bond donors (Lipinski definition) is 1. The molecular formula is C18H25N3O4. The van der Waals surface area contributed by atoms with E-state index in [9.17, 15) is 9.59 Å². The summed E-state index contributed by atoms with van der Waals surface area (Å²) in [6.45, 7) is 10.9. The minimum Gasteiger partial charge on any atom is -0.490 e. The highest BCUT2D eigenvalue weighted by atomic mass is 16.5. The average Bonchev–Trinajstić information content (AvgIpc) is 2.62. The van der Waals surface area contributed by atoms with Crippen LogP contribution in [0, 0.1) is 0 Å². The topological polar surface area (TPSA) is 80.2 Å². The monoisotopic (exact) mass is 347 g/mol. The van der Waals surface area contributed by atoms with Crippen LogP contribution < -0.4 is 14.9 Å². The van der Waals surface area contributed by atoms with Crippen molar-refractivity contribution < 1.29 is 19.1 Å². The summed E-state index contributed by atoms with van der Waals surface area (Å²) in [7, 11) is 0. The summed E-state index contributed by atoms with van der Waals surface area (Å²) in [6.07, 6.45) is 3.08. The van der Waals surface area contributed by atoms with Gasteiger partial charge in [-0.2, -0.15) is 5.10 Å². The minimum absolute atomic E-state index is 0.372. The summed E-state index contributed by atoms with van der Waals surface area (Å²) in [6, 6.07) is 5.26. The van der Waals surface area contributed by atoms with Crippen molar-refractivity contribution >= 4 is 18.0 Å². The Morgan fingerprint density at radius 3 is 2.52 bits per heavy atom. The largest absolute Gasteiger partial charge is 0.490 e. The van der Waals surface area contributed by atoms with Gasteiger partial charge in [-0.25, -0.2) is 5.43 Å². The Bertz CT molecular complexity index is 625. The van der Waals surface area contributed by atoms with Crippen LogP contribution in [-0.2, 0) is 9.59 Å². The molecule has 1 rings (SSSR count). The van der Waals surface area contributed by atoms with E-state index in [0.717, 1.165) is 0 Å². The lowest BCUT2D eigenvalue weighted by atomic mass is 10.2. The molecule has 1 aromatic carbocycles. The van der Waals surface area contributed by atoms with Crippen molar-refractivity contribution in [2.24, 2.45) is 5.10 Å². The van der Waals surface area contributed by atoms with Crippen molar-refractivity contribution in [3.63, 3.8) is 0 Å². The second-order valence-electron chi connectivity index (χ2n) is 4.92. The number of nitrogens with one attached hydrogen (secondary N) is 1. The molecule has 1 aromatic rings. The van der Waals surface area contributed by atoms with Crippen molar-refractivity contribution in [1.29, 1.82) is 0 Å². The van der Waals surface area contributed by atoms with E-state index in [2.05, 4.69) is 17.1 Å². The molecule has 2 amide bonds. The third kappa shape index (κ3) is 6.29. The van der Waals surface area contributed by atoms with Gasteiger partial charge in [0, 0.05) is 13.1 Å². The second-order valence-corrected chi connectivity index (χ2v) is 4.92. The van der Waals surface area contributed by atoms with Gasteiger partial charge in [-0.15, -0.1) is 0 Å². The Morgan fingerprint density at radius 1 is 1.20 bits per heavy atom. The first kappa shape index (κ1) is 20.2. The molecule has 7 nitrogen and oxygen atoms in total. The highest BCUT2D eigenvalue weighted by Gasteiger charge is 2.18. The number of ether oxygens (including phenoxy) is 2. The van der Waals surface area contributed by atoms with Crippen molar-refractivity contribution in [2.45, 2.75) is 20.8 Å². The van der Waals surface area contributed by atoms with Gasteiger partial charge < -0.3 is 14.4 Å². The molecule has 0 heterocycles. The fourth-order valence-electron chi connectivity index (χ4n) is 2.01. The summed E-state index contributed by atoms with van der Waals surface area (Å²) < 4.78 is 11.0. The molecule has 136 valence electrons. The van der Waals surface area contributed by atoms with E-state index in [1.807, 2.05) is 20.8 Å². The number of hydrogen-bond acceptors (Lipinski definition) is 5. The molecule has 0 saturated heterocycles. The van der Waals surface area contributed by atoms with Crippen LogP contribution in [0.25, 0.3) is 0 Å². The summed E-state index contributed by atoms with van der Waals surface area (Å²) in [5.41, 5.74) is 2.93. The normalized spacial score (nSPS) is 10.4. The summed E-state index contributed by atoms with van der Waals surface area (Å²) in [5, 5.41) is 3.82. The molecule has 0 saturated carbocycles. The van der Waals surface area contributed by atoms with Gasteiger partial charge in [-0.3, -0.25) is 9.59 Å². The number of amides is 2. The Kier molecular flexibility index (Phi) is 8.78. The molecule has 0 unspecified atom stereocenters. The van der Waals surface area contributed by atoms with Gasteiger partial charge in [-0.1, -0.05) is 12.7 Å². The highest BCUT2D eigenvalue weighted by molar-refractivity contribution is 6.34. The van der Waals surface area contributed by atoms with Crippen molar-refractivity contribution in [2.75, 3.05) is 26.3 Å². The van der Waals surface area contributed by atoms with Gasteiger partial charge in [0.05, 0.1) is 12.8 Å². The van der Waals surface area contributed by atoms with Gasteiger partial charge in [0.2, 0.25) is 0 Å². The maximum Gasteiger partial charge on any atom is 0.329 e. The van der Waals surface area contributed by atoms with Crippen molar-refractivity contribution in [1.82, 2.24) is 10.3 Å². The number of likely N-dealkylation sites (N-methyl/N-ethyl adjacent to an activating group) is 1.